The number of anilines is 2. The van der Waals surface area contributed by atoms with Crippen LogP contribution in [0.5, 0.6) is 5.75 Å². The molecule has 37 heavy (non-hydrogen) atoms. The average Bonchev–Trinajstić information content (AvgIpc) is 2.85. The first-order chi connectivity index (χ1) is 17.5. The molecule has 0 aliphatic heterocycles. The van der Waals surface area contributed by atoms with Crippen molar-refractivity contribution in [3.63, 3.8) is 0 Å². The topological polar surface area (TPSA) is 109 Å². The van der Waals surface area contributed by atoms with Crippen molar-refractivity contribution in [2.24, 2.45) is 5.10 Å². The van der Waals surface area contributed by atoms with Crippen LogP contribution in [0.1, 0.15) is 11.1 Å². The minimum Gasteiger partial charge on any atom is -0.484 e. The Morgan fingerprint density at radius 3 is 2.30 bits per heavy atom. The van der Waals surface area contributed by atoms with Crippen LogP contribution in [0.25, 0.3) is 0 Å². The molecule has 192 valence electrons. The van der Waals surface area contributed by atoms with Gasteiger partial charge in [0.2, 0.25) is 0 Å². The first-order valence-electron chi connectivity index (χ1n) is 10.3. The van der Waals surface area contributed by atoms with E-state index in [0.29, 0.717) is 5.56 Å². The number of nitrogens with one attached hydrogen (secondary N) is 3. The lowest BCUT2D eigenvalue weighted by molar-refractivity contribution is -0.137. The number of nitrogens with zero attached hydrogens (tertiary/aromatic N) is 1. The van der Waals surface area contributed by atoms with Gasteiger partial charge in [-0.3, -0.25) is 14.4 Å². The number of amides is 3. The molecule has 0 saturated carbocycles. The first kappa shape index (κ1) is 27.3. The summed E-state index contributed by atoms with van der Waals surface area (Å²) in [7, 11) is 0. The van der Waals surface area contributed by atoms with E-state index in [2.05, 4.69) is 31.7 Å². The summed E-state index contributed by atoms with van der Waals surface area (Å²) in [5, 5.41) is 7.91. The molecule has 0 heterocycles. The Morgan fingerprint density at radius 1 is 0.919 bits per heavy atom. The highest BCUT2D eigenvalue weighted by Crippen LogP contribution is 2.36. The largest absolute Gasteiger partial charge is 0.484 e. The van der Waals surface area contributed by atoms with Gasteiger partial charge in [0.05, 0.1) is 23.2 Å². The second kappa shape index (κ2) is 12.1. The van der Waals surface area contributed by atoms with Crippen LogP contribution >= 0.6 is 15.9 Å². The van der Waals surface area contributed by atoms with E-state index in [1.807, 2.05) is 5.43 Å². The summed E-state index contributed by atoms with van der Waals surface area (Å²) in [5.41, 5.74) is 0.913. The van der Waals surface area contributed by atoms with Crippen molar-refractivity contribution < 1.29 is 36.7 Å². The number of rotatable bonds is 7. The van der Waals surface area contributed by atoms with Gasteiger partial charge in [-0.2, -0.15) is 18.3 Å². The Labute approximate surface area is 215 Å². The highest BCUT2D eigenvalue weighted by atomic mass is 79.9. The van der Waals surface area contributed by atoms with Crippen LogP contribution in [0.15, 0.2) is 76.3 Å². The number of benzene rings is 3. The van der Waals surface area contributed by atoms with Gasteiger partial charge in [-0.25, -0.2) is 9.82 Å². The molecular formula is C24H17BrF4N4O4. The van der Waals surface area contributed by atoms with Gasteiger partial charge in [-0.15, -0.1) is 0 Å². The molecule has 0 unspecified atom stereocenters. The summed E-state index contributed by atoms with van der Waals surface area (Å²) in [6.07, 6.45) is -3.44. The van der Waals surface area contributed by atoms with Crippen molar-refractivity contribution in [3.05, 3.63) is 88.1 Å². The second-order valence-corrected chi connectivity index (χ2v) is 8.14. The molecule has 3 aromatic rings. The van der Waals surface area contributed by atoms with Crippen LogP contribution in [0.3, 0.4) is 0 Å². The van der Waals surface area contributed by atoms with E-state index in [1.165, 1.54) is 54.7 Å². The van der Waals surface area contributed by atoms with Gasteiger partial charge in [-0.1, -0.05) is 28.1 Å². The number of para-hydroxylation sites is 1. The third kappa shape index (κ3) is 8.14. The molecule has 3 aromatic carbocycles. The van der Waals surface area contributed by atoms with Crippen LogP contribution in [0, 0.1) is 5.82 Å². The predicted octanol–water partition coefficient (Wildman–Crippen LogP) is 4.71. The van der Waals surface area contributed by atoms with E-state index in [4.69, 9.17) is 4.74 Å². The van der Waals surface area contributed by atoms with Crippen LogP contribution in [0.2, 0.25) is 0 Å². The van der Waals surface area contributed by atoms with Gasteiger partial charge in [0.1, 0.15) is 11.6 Å². The zero-order valence-electron chi connectivity index (χ0n) is 18.6. The van der Waals surface area contributed by atoms with E-state index < -0.39 is 47.6 Å². The van der Waals surface area contributed by atoms with E-state index in [0.717, 1.165) is 18.2 Å². The molecule has 0 spiro atoms. The minimum atomic E-state index is -4.66. The highest BCUT2D eigenvalue weighted by Gasteiger charge is 2.34. The Kier molecular flexibility index (Phi) is 8.95. The number of ether oxygens (including phenoxy) is 1. The van der Waals surface area contributed by atoms with E-state index in [-0.39, 0.29) is 15.9 Å². The molecule has 0 atom stereocenters. The quantitative estimate of drug-likeness (QED) is 0.163. The molecule has 0 bridgehead atoms. The number of hydrogen-bond donors (Lipinski definition) is 3. The molecule has 3 N–H and O–H groups in total. The van der Waals surface area contributed by atoms with Crippen molar-refractivity contribution >= 4 is 51.2 Å². The first-order valence-corrected chi connectivity index (χ1v) is 11.1. The number of hydrogen-bond acceptors (Lipinski definition) is 5. The number of halogens is 5. The van der Waals surface area contributed by atoms with Crippen LogP contribution < -0.4 is 20.8 Å². The fourth-order valence-corrected chi connectivity index (χ4v) is 3.16. The third-order valence-electron chi connectivity index (χ3n) is 4.52. The SMILES string of the molecule is O=C(COc1ccc(/C=N\NC(=O)C(=O)Nc2ccccc2F)cc1)Nc1ccc(Br)cc1C(F)(F)F. The van der Waals surface area contributed by atoms with Crippen LogP contribution in [-0.2, 0) is 20.6 Å². The number of carbonyl (C=O) groups is 3. The zero-order valence-corrected chi connectivity index (χ0v) is 20.2. The highest BCUT2D eigenvalue weighted by molar-refractivity contribution is 9.10. The molecule has 3 rings (SSSR count). The summed E-state index contributed by atoms with van der Waals surface area (Å²) in [4.78, 5) is 35.7. The van der Waals surface area contributed by atoms with Gasteiger partial charge in [0.25, 0.3) is 5.91 Å². The monoisotopic (exact) mass is 580 g/mol. The molecule has 0 fully saturated rings. The maximum absolute atomic E-state index is 13.5. The van der Waals surface area contributed by atoms with Crippen LogP contribution in [0.4, 0.5) is 28.9 Å². The van der Waals surface area contributed by atoms with Crippen molar-refractivity contribution in [3.8, 4) is 5.75 Å². The molecule has 3 amide bonds. The van der Waals surface area contributed by atoms with Crippen molar-refractivity contribution in [2.45, 2.75) is 6.18 Å². The maximum atomic E-state index is 13.5. The van der Waals surface area contributed by atoms with Crippen molar-refractivity contribution in [1.29, 1.82) is 0 Å². The maximum Gasteiger partial charge on any atom is 0.418 e. The van der Waals surface area contributed by atoms with Crippen LogP contribution in [-0.4, -0.2) is 30.5 Å². The molecule has 0 saturated heterocycles. The van der Waals surface area contributed by atoms with Gasteiger partial charge in [-0.05, 0) is 60.2 Å². The van der Waals surface area contributed by atoms with Gasteiger partial charge >= 0.3 is 18.0 Å². The summed E-state index contributed by atoms with van der Waals surface area (Å²) >= 11 is 2.97. The van der Waals surface area contributed by atoms with E-state index in [1.54, 1.807) is 0 Å². The summed E-state index contributed by atoms with van der Waals surface area (Å²) in [6.45, 7) is -0.548. The van der Waals surface area contributed by atoms with E-state index >= 15 is 0 Å². The Hall–Kier alpha value is -4.26. The molecular weight excluding hydrogens is 564 g/mol. The Morgan fingerprint density at radius 2 is 1.62 bits per heavy atom. The molecule has 0 aliphatic rings. The fourth-order valence-electron chi connectivity index (χ4n) is 2.80. The summed E-state index contributed by atoms with van der Waals surface area (Å²) in [6, 6.07) is 14.6. The zero-order chi connectivity index (χ0) is 27.0. The molecule has 0 aromatic heterocycles. The summed E-state index contributed by atoms with van der Waals surface area (Å²) < 4.78 is 58.5. The van der Waals surface area contributed by atoms with Crippen molar-refractivity contribution in [1.82, 2.24) is 5.43 Å². The smallest absolute Gasteiger partial charge is 0.418 e. The molecule has 0 aliphatic carbocycles. The number of alkyl halides is 3. The Balaban J connectivity index is 1.48. The standard InChI is InChI=1S/C24H17BrF4N4O4/c25-15-7-10-19(17(11-15)24(27,28)29)31-21(34)13-37-16-8-5-14(6-9-16)12-30-33-23(36)22(35)32-20-4-2-1-3-18(20)26/h1-12H,13H2,(H,31,34)(H,32,35)(H,33,36)/b30-12-. The number of carbonyl (C=O) groups excluding carboxylic acids is 3. The fraction of sp³-hybridized carbons (Fsp3) is 0.0833. The van der Waals surface area contributed by atoms with Gasteiger partial charge < -0.3 is 15.4 Å². The Bertz CT molecular complexity index is 1330. The lowest BCUT2D eigenvalue weighted by Crippen LogP contribution is -2.32. The minimum absolute atomic E-state index is 0.159. The lowest BCUT2D eigenvalue weighted by Gasteiger charge is -2.14. The third-order valence-corrected chi connectivity index (χ3v) is 5.01. The lowest BCUT2D eigenvalue weighted by atomic mass is 10.1. The van der Waals surface area contributed by atoms with Gasteiger partial charge in [0.15, 0.2) is 6.61 Å². The second-order valence-electron chi connectivity index (χ2n) is 7.23. The van der Waals surface area contributed by atoms with Gasteiger partial charge in [0, 0.05) is 4.47 Å². The molecule has 8 nitrogen and oxygen atoms in total. The normalized spacial score (nSPS) is 11.2. The molecule has 13 heteroatoms. The average molecular weight is 581 g/mol. The molecule has 0 radical (unpaired) electrons. The number of hydrazone groups is 1. The summed E-state index contributed by atoms with van der Waals surface area (Å²) in [5.74, 6) is -3.49. The van der Waals surface area contributed by atoms with Crippen molar-refractivity contribution in [2.75, 3.05) is 17.2 Å². The predicted molar refractivity (Wildman–Crippen MR) is 130 cm³/mol. The van der Waals surface area contributed by atoms with E-state index in [9.17, 15) is 31.9 Å².